The molecule has 0 aliphatic rings. The van der Waals surface area contributed by atoms with E-state index in [4.69, 9.17) is 0 Å². The van der Waals surface area contributed by atoms with Crippen molar-refractivity contribution in [1.29, 1.82) is 5.26 Å². The van der Waals surface area contributed by atoms with Crippen LogP contribution in [0.5, 0.6) is 0 Å². The second kappa shape index (κ2) is 5.89. The standard InChI is InChI=1S/C14H15BrN4/c1-3-13-12(9-19(2)18-13)14(8-16)17-11-6-4-10(15)5-7-11/h4-7,9,14,17H,3H2,1-2H3. The van der Waals surface area contributed by atoms with E-state index in [0.29, 0.717) is 0 Å². The molecule has 0 saturated heterocycles. The summed E-state index contributed by atoms with van der Waals surface area (Å²) in [5.74, 6) is 0. The third-order valence-corrected chi connectivity index (χ3v) is 3.40. The van der Waals surface area contributed by atoms with E-state index in [1.807, 2.05) is 44.4 Å². The topological polar surface area (TPSA) is 53.6 Å². The Hall–Kier alpha value is -1.80. The van der Waals surface area contributed by atoms with E-state index in [2.05, 4.69) is 32.4 Å². The first-order valence-electron chi connectivity index (χ1n) is 6.08. The van der Waals surface area contributed by atoms with Gasteiger partial charge in [0, 0.05) is 29.0 Å². The highest BCUT2D eigenvalue weighted by molar-refractivity contribution is 9.10. The number of nitriles is 1. The summed E-state index contributed by atoms with van der Waals surface area (Å²) in [6, 6.07) is 9.68. The van der Waals surface area contributed by atoms with Gasteiger partial charge in [0.25, 0.3) is 0 Å². The van der Waals surface area contributed by atoms with Gasteiger partial charge in [-0.25, -0.2) is 0 Å². The van der Waals surface area contributed by atoms with Crippen LogP contribution in [-0.2, 0) is 13.5 Å². The molecule has 0 fully saturated rings. The molecule has 2 rings (SSSR count). The number of anilines is 1. The zero-order valence-electron chi connectivity index (χ0n) is 10.9. The molecule has 5 heteroatoms. The van der Waals surface area contributed by atoms with Crippen molar-refractivity contribution >= 4 is 21.6 Å². The maximum Gasteiger partial charge on any atom is 0.143 e. The third kappa shape index (κ3) is 3.15. The number of hydrogen-bond donors (Lipinski definition) is 1. The Balaban J connectivity index is 2.25. The molecule has 1 heterocycles. The summed E-state index contributed by atoms with van der Waals surface area (Å²) >= 11 is 3.39. The van der Waals surface area contributed by atoms with E-state index >= 15 is 0 Å². The smallest absolute Gasteiger partial charge is 0.143 e. The first-order valence-corrected chi connectivity index (χ1v) is 6.87. The molecule has 0 bridgehead atoms. The normalized spacial score (nSPS) is 11.9. The average molecular weight is 319 g/mol. The maximum absolute atomic E-state index is 9.37. The first kappa shape index (κ1) is 13.6. The second-order valence-corrected chi connectivity index (χ2v) is 5.19. The van der Waals surface area contributed by atoms with E-state index in [1.54, 1.807) is 4.68 Å². The summed E-state index contributed by atoms with van der Waals surface area (Å²) in [6.45, 7) is 2.04. The SMILES string of the molecule is CCc1nn(C)cc1C(C#N)Nc1ccc(Br)cc1. The van der Waals surface area contributed by atoms with Crippen LogP contribution in [-0.4, -0.2) is 9.78 Å². The molecule has 1 unspecified atom stereocenters. The predicted molar refractivity (Wildman–Crippen MR) is 78.7 cm³/mol. The van der Waals surface area contributed by atoms with Crippen LogP contribution >= 0.6 is 15.9 Å². The van der Waals surface area contributed by atoms with Crippen LogP contribution in [0.4, 0.5) is 5.69 Å². The fraction of sp³-hybridized carbons (Fsp3) is 0.286. The Morgan fingerprint density at radius 1 is 1.42 bits per heavy atom. The van der Waals surface area contributed by atoms with Crippen molar-refractivity contribution in [2.75, 3.05) is 5.32 Å². The Morgan fingerprint density at radius 2 is 2.11 bits per heavy atom. The minimum absolute atomic E-state index is 0.384. The van der Waals surface area contributed by atoms with Crippen molar-refractivity contribution in [3.8, 4) is 6.07 Å². The molecule has 0 aliphatic carbocycles. The monoisotopic (exact) mass is 318 g/mol. The number of hydrogen-bond acceptors (Lipinski definition) is 3. The molecule has 0 amide bonds. The Kier molecular flexibility index (Phi) is 4.23. The van der Waals surface area contributed by atoms with Crippen molar-refractivity contribution in [3.63, 3.8) is 0 Å². The molecule has 2 aromatic rings. The molecule has 1 atom stereocenters. The van der Waals surface area contributed by atoms with Gasteiger partial charge >= 0.3 is 0 Å². The highest BCUT2D eigenvalue weighted by Gasteiger charge is 2.17. The molecule has 1 aromatic carbocycles. The van der Waals surface area contributed by atoms with Crippen molar-refractivity contribution < 1.29 is 0 Å². The van der Waals surface area contributed by atoms with Gasteiger partial charge in [-0.1, -0.05) is 22.9 Å². The molecule has 19 heavy (non-hydrogen) atoms. The summed E-state index contributed by atoms with van der Waals surface area (Å²) in [5.41, 5.74) is 2.81. The van der Waals surface area contributed by atoms with Crippen molar-refractivity contribution in [3.05, 3.63) is 46.2 Å². The molecule has 0 aliphatic heterocycles. The lowest BCUT2D eigenvalue weighted by atomic mass is 10.1. The Morgan fingerprint density at radius 3 is 2.68 bits per heavy atom. The number of benzene rings is 1. The van der Waals surface area contributed by atoms with Crippen LogP contribution in [0, 0.1) is 11.3 Å². The lowest BCUT2D eigenvalue weighted by Gasteiger charge is -2.12. The van der Waals surface area contributed by atoms with Crippen LogP contribution in [0.25, 0.3) is 0 Å². The molecule has 1 N–H and O–H groups in total. The third-order valence-electron chi connectivity index (χ3n) is 2.87. The van der Waals surface area contributed by atoms with Crippen molar-refractivity contribution in [2.45, 2.75) is 19.4 Å². The largest absolute Gasteiger partial charge is 0.366 e. The highest BCUT2D eigenvalue weighted by atomic mass is 79.9. The molecule has 0 radical (unpaired) electrons. The molecular formula is C14H15BrN4. The zero-order chi connectivity index (χ0) is 13.8. The number of halogens is 1. The molecule has 98 valence electrons. The molecule has 1 aromatic heterocycles. The minimum atomic E-state index is -0.384. The molecule has 4 nitrogen and oxygen atoms in total. The van der Waals surface area contributed by atoms with Gasteiger partial charge in [0.15, 0.2) is 0 Å². The zero-order valence-corrected chi connectivity index (χ0v) is 12.5. The van der Waals surface area contributed by atoms with Gasteiger partial charge in [-0.3, -0.25) is 4.68 Å². The summed E-state index contributed by atoms with van der Waals surface area (Å²) in [4.78, 5) is 0. The van der Waals surface area contributed by atoms with Gasteiger partial charge < -0.3 is 5.32 Å². The van der Waals surface area contributed by atoms with Gasteiger partial charge in [0.05, 0.1) is 11.8 Å². The van der Waals surface area contributed by atoms with Crippen LogP contribution in [0.3, 0.4) is 0 Å². The number of aryl methyl sites for hydroxylation is 2. The number of rotatable bonds is 4. The van der Waals surface area contributed by atoms with Crippen LogP contribution < -0.4 is 5.32 Å². The number of nitrogens with zero attached hydrogens (tertiary/aromatic N) is 3. The second-order valence-electron chi connectivity index (χ2n) is 4.27. The van der Waals surface area contributed by atoms with Crippen molar-refractivity contribution in [2.24, 2.45) is 7.05 Å². The Labute approximate surface area is 121 Å². The van der Waals surface area contributed by atoms with Crippen molar-refractivity contribution in [1.82, 2.24) is 9.78 Å². The lowest BCUT2D eigenvalue weighted by Crippen LogP contribution is -2.09. The van der Waals surface area contributed by atoms with Gasteiger partial charge in [-0.05, 0) is 30.7 Å². The number of aromatic nitrogens is 2. The lowest BCUT2D eigenvalue weighted by molar-refractivity contribution is 0.746. The average Bonchev–Trinajstić information content (AvgIpc) is 2.79. The summed E-state index contributed by atoms with van der Waals surface area (Å²) in [6.07, 6.45) is 2.72. The summed E-state index contributed by atoms with van der Waals surface area (Å²) in [5, 5.41) is 17.0. The van der Waals surface area contributed by atoms with E-state index in [9.17, 15) is 5.26 Å². The van der Waals surface area contributed by atoms with Crippen LogP contribution in [0.2, 0.25) is 0 Å². The first-order chi connectivity index (χ1) is 9.13. The fourth-order valence-electron chi connectivity index (χ4n) is 1.96. The Bertz CT molecular complexity index is 595. The summed E-state index contributed by atoms with van der Waals surface area (Å²) < 4.78 is 2.77. The van der Waals surface area contributed by atoms with Crippen LogP contribution in [0.15, 0.2) is 34.9 Å². The highest BCUT2D eigenvalue weighted by Crippen LogP contribution is 2.23. The molecule has 0 spiro atoms. The predicted octanol–water partition coefficient (Wildman–Crippen LogP) is 3.42. The van der Waals surface area contributed by atoms with Gasteiger partial charge in [0.1, 0.15) is 6.04 Å². The minimum Gasteiger partial charge on any atom is -0.366 e. The van der Waals surface area contributed by atoms with E-state index in [1.165, 1.54) is 0 Å². The van der Waals surface area contributed by atoms with Gasteiger partial charge in [-0.2, -0.15) is 10.4 Å². The van der Waals surface area contributed by atoms with E-state index in [0.717, 1.165) is 27.8 Å². The fourth-order valence-corrected chi connectivity index (χ4v) is 2.23. The van der Waals surface area contributed by atoms with E-state index in [-0.39, 0.29) is 6.04 Å². The van der Waals surface area contributed by atoms with Gasteiger partial charge in [-0.15, -0.1) is 0 Å². The number of nitrogens with one attached hydrogen (secondary N) is 1. The summed E-state index contributed by atoms with van der Waals surface area (Å²) in [7, 11) is 1.87. The maximum atomic E-state index is 9.37. The molecular weight excluding hydrogens is 304 g/mol. The van der Waals surface area contributed by atoms with E-state index < -0.39 is 0 Å². The van der Waals surface area contributed by atoms with Crippen LogP contribution in [0.1, 0.15) is 24.2 Å². The quantitative estimate of drug-likeness (QED) is 0.939. The molecule has 0 saturated carbocycles. The van der Waals surface area contributed by atoms with Gasteiger partial charge in [0.2, 0.25) is 0 Å².